The molecule has 1 N–H and O–H groups in total. The first kappa shape index (κ1) is 16.2. The summed E-state index contributed by atoms with van der Waals surface area (Å²) in [5, 5.41) is 3.42. The van der Waals surface area contributed by atoms with Gasteiger partial charge in [0.05, 0.1) is 6.61 Å². The van der Waals surface area contributed by atoms with Gasteiger partial charge < -0.3 is 15.0 Å². The van der Waals surface area contributed by atoms with Gasteiger partial charge in [0.15, 0.2) is 0 Å². The maximum Gasteiger partial charge on any atom is 0.0593 e. The van der Waals surface area contributed by atoms with Crippen LogP contribution in [0.1, 0.15) is 26.7 Å². The molecule has 1 rings (SSSR count). The Bertz CT molecular complexity index is 152. The molecule has 0 spiro atoms. The van der Waals surface area contributed by atoms with Crippen LogP contribution in [0.4, 0.5) is 0 Å². The molecule has 0 aliphatic carbocycles. The molecule has 0 unspecified atom stereocenters. The molecule has 0 aromatic heterocycles. The molecule has 0 radical (unpaired) electrons. The zero-order valence-corrected chi connectivity index (χ0v) is 11.5. The predicted octanol–water partition coefficient (Wildman–Crippen LogP) is 1.77. The van der Waals surface area contributed by atoms with E-state index >= 15 is 0 Å². The van der Waals surface area contributed by atoms with Gasteiger partial charge in [-0.15, -0.1) is 12.4 Å². The summed E-state index contributed by atoms with van der Waals surface area (Å²) >= 11 is 0. The van der Waals surface area contributed by atoms with Crippen molar-refractivity contribution in [1.82, 2.24) is 10.2 Å². The van der Waals surface area contributed by atoms with Crippen LogP contribution in [-0.2, 0) is 4.74 Å². The lowest BCUT2D eigenvalue weighted by molar-refractivity contribution is 0.105. The van der Waals surface area contributed by atoms with Crippen molar-refractivity contribution < 1.29 is 4.74 Å². The Hall–Kier alpha value is 0.170. The normalized spacial score (nSPS) is 17.4. The largest absolute Gasteiger partial charge is 0.380 e. The molecule has 0 bridgehead atoms. The van der Waals surface area contributed by atoms with Crippen molar-refractivity contribution >= 4 is 12.4 Å². The van der Waals surface area contributed by atoms with Crippen LogP contribution in [0.3, 0.4) is 0 Å². The Balaban J connectivity index is 0.00000225. The number of likely N-dealkylation sites (N-methyl/N-ethyl adjacent to an activating group) is 1. The second kappa shape index (κ2) is 10.3. The summed E-state index contributed by atoms with van der Waals surface area (Å²) in [7, 11) is 0. The maximum atomic E-state index is 5.40. The molecule has 3 nitrogen and oxygen atoms in total. The van der Waals surface area contributed by atoms with Crippen molar-refractivity contribution in [2.75, 3.05) is 45.9 Å². The molecule has 1 fully saturated rings. The van der Waals surface area contributed by atoms with E-state index < -0.39 is 0 Å². The van der Waals surface area contributed by atoms with E-state index in [4.69, 9.17) is 4.74 Å². The topological polar surface area (TPSA) is 24.5 Å². The molecule has 0 aromatic carbocycles. The highest BCUT2D eigenvalue weighted by Gasteiger charge is 2.15. The van der Waals surface area contributed by atoms with Gasteiger partial charge in [-0.25, -0.2) is 0 Å². The lowest BCUT2D eigenvalue weighted by atomic mass is 9.97. The third-order valence-electron chi connectivity index (χ3n) is 3.18. The van der Waals surface area contributed by atoms with E-state index in [1.165, 1.54) is 32.5 Å². The molecule has 16 heavy (non-hydrogen) atoms. The summed E-state index contributed by atoms with van der Waals surface area (Å²) in [5.41, 5.74) is 0. The van der Waals surface area contributed by atoms with Crippen LogP contribution in [0.15, 0.2) is 0 Å². The van der Waals surface area contributed by atoms with Gasteiger partial charge in [0.1, 0.15) is 0 Å². The minimum absolute atomic E-state index is 0. The van der Waals surface area contributed by atoms with E-state index in [0.29, 0.717) is 0 Å². The van der Waals surface area contributed by atoms with Crippen molar-refractivity contribution in [3.63, 3.8) is 0 Å². The summed E-state index contributed by atoms with van der Waals surface area (Å²) in [6.07, 6.45) is 2.68. The number of nitrogens with zero attached hydrogens (tertiary/aromatic N) is 1. The second-order valence-corrected chi connectivity index (χ2v) is 4.28. The second-order valence-electron chi connectivity index (χ2n) is 4.28. The number of nitrogens with one attached hydrogen (secondary N) is 1. The smallest absolute Gasteiger partial charge is 0.0593 e. The van der Waals surface area contributed by atoms with Crippen LogP contribution < -0.4 is 5.32 Å². The summed E-state index contributed by atoms with van der Waals surface area (Å²) in [5.74, 6) is 0.896. The van der Waals surface area contributed by atoms with Gasteiger partial charge in [0.2, 0.25) is 0 Å². The highest BCUT2D eigenvalue weighted by Crippen LogP contribution is 2.13. The van der Waals surface area contributed by atoms with Crippen molar-refractivity contribution in [2.24, 2.45) is 5.92 Å². The Morgan fingerprint density at radius 2 is 1.94 bits per heavy atom. The van der Waals surface area contributed by atoms with E-state index in [1.54, 1.807) is 0 Å². The molecule has 0 amide bonds. The number of piperidine rings is 1. The molecule has 0 aromatic rings. The third-order valence-corrected chi connectivity index (χ3v) is 3.18. The molecule has 98 valence electrons. The van der Waals surface area contributed by atoms with Crippen molar-refractivity contribution in [2.45, 2.75) is 26.7 Å². The summed E-state index contributed by atoms with van der Waals surface area (Å²) in [6, 6.07) is 0. The minimum atomic E-state index is 0. The molecule has 1 heterocycles. The first-order valence-corrected chi connectivity index (χ1v) is 6.37. The van der Waals surface area contributed by atoms with E-state index in [1.807, 2.05) is 0 Å². The average molecular weight is 251 g/mol. The van der Waals surface area contributed by atoms with Crippen molar-refractivity contribution in [3.8, 4) is 0 Å². The first-order chi connectivity index (χ1) is 7.36. The molecule has 0 saturated carbocycles. The monoisotopic (exact) mass is 250 g/mol. The van der Waals surface area contributed by atoms with Gasteiger partial charge in [0.25, 0.3) is 0 Å². The highest BCUT2D eigenvalue weighted by atomic mass is 35.5. The Morgan fingerprint density at radius 1 is 1.25 bits per heavy atom. The van der Waals surface area contributed by atoms with Crippen LogP contribution in [-0.4, -0.2) is 50.8 Å². The fourth-order valence-electron chi connectivity index (χ4n) is 2.15. The predicted molar refractivity (Wildman–Crippen MR) is 71.4 cm³/mol. The Labute approximate surface area is 106 Å². The SMILES string of the molecule is CCOCCN(CC)CC1CCNCC1.Cl. The van der Waals surface area contributed by atoms with E-state index in [-0.39, 0.29) is 12.4 Å². The van der Waals surface area contributed by atoms with Gasteiger partial charge in [-0.1, -0.05) is 6.92 Å². The fourth-order valence-corrected chi connectivity index (χ4v) is 2.15. The molecular formula is C12H27ClN2O. The molecule has 4 heteroatoms. The molecule has 1 aliphatic heterocycles. The lowest BCUT2D eigenvalue weighted by Gasteiger charge is -2.29. The van der Waals surface area contributed by atoms with Crippen LogP contribution in [0.5, 0.6) is 0 Å². The molecular weight excluding hydrogens is 224 g/mol. The standard InChI is InChI=1S/C12H26N2O.ClH/c1-3-14(9-10-15-4-2)11-12-5-7-13-8-6-12;/h12-13H,3-11H2,1-2H3;1H. The van der Waals surface area contributed by atoms with Gasteiger partial charge in [-0.2, -0.15) is 0 Å². The summed E-state index contributed by atoms with van der Waals surface area (Å²) in [4.78, 5) is 2.52. The number of ether oxygens (including phenoxy) is 1. The van der Waals surface area contributed by atoms with Crippen LogP contribution in [0, 0.1) is 5.92 Å². The fraction of sp³-hybridized carbons (Fsp3) is 1.00. The lowest BCUT2D eigenvalue weighted by Crippen LogP contribution is -2.37. The minimum Gasteiger partial charge on any atom is -0.380 e. The highest BCUT2D eigenvalue weighted by molar-refractivity contribution is 5.85. The Kier molecular flexibility index (Phi) is 10.4. The zero-order valence-electron chi connectivity index (χ0n) is 10.7. The average Bonchev–Trinajstić information content (AvgIpc) is 2.29. The quantitative estimate of drug-likeness (QED) is 0.697. The number of halogens is 1. The first-order valence-electron chi connectivity index (χ1n) is 6.37. The van der Waals surface area contributed by atoms with Crippen molar-refractivity contribution in [3.05, 3.63) is 0 Å². The maximum absolute atomic E-state index is 5.40. The molecule has 0 atom stereocenters. The van der Waals surface area contributed by atoms with Gasteiger partial charge in [-0.3, -0.25) is 0 Å². The van der Waals surface area contributed by atoms with E-state index in [0.717, 1.165) is 32.2 Å². The van der Waals surface area contributed by atoms with E-state index in [2.05, 4.69) is 24.1 Å². The molecule has 1 saturated heterocycles. The number of rotatable bonds is 7. The van der Waals surface area contributed by atoms with Gasteiger partial charge in [0, 0.05) is 19.7 Å². The Morgan fingerprint density at radius 3 is 2.50 bits per heavy atom. The van der Waals surface area contributed by atoms with Gasteiger partial charge >= 0.3 is 0 Å². The summed E-state index contributed by atoms with van der Waals surface area (Å²) in [6.45, 7) is 11.9. The van der Waals surface area contributed by atoms with Crippen LogP contribution >= 0.6 is 12.4 Å². The zero-order chi connectivity index (χ0) is 10.9. The molecule has 1 aliphatic rings. The summed E-state index contributed by atoms with van der Waals surface area (Å²) < 4.78 is 5.40. The van der Waals surface area contributed by atoms with Crippen LogP contribution in [0.25, 0.3) is 0 Å². The van der Waals surface area contributed by atoms with E-state index in [9.17, 15) is 0 Å². The number of hydrogen-bond acceptors (Lipinski definition) is 3. The number of hydrogen-bond donors (Lipinski definition) is 1. The van der Waals surface area contributed by atoms with Crippen molar-refractivity contribution in [1.29, 1.82) is 0 Å². The van der Waals surface area contributed by atoms with Crippen LogP contribution in [0.2, 0.25) is 0 Å². The third kappa shape index (κ3) is 6.69. The van der Waals surface area contributed by atoms with Gasteiger partial charge in [-0.05, 0) is 45.3 Å².